The summed E-state index contributed by atoms with van der Waals surface area (Å²) in [5.74, 6) is 0. The average Bonchev–Trinajstić information content (AvgIpc) is 3.05. The molecule has 0 atom stereocenters. The second-order valence-corrected chi connectivity index (χ2v) is 10.3. The zero-order valence-electron chi connectivity index (χ0n) is 23.2. The second-order valence-electron chi connectivity index (χ2n) is 10.3. The number of aryl methyl sites for hydroxylation is 2. The summed E-state index contributed by atoms with van der Waals surface area (Å²) in [5, 5.41) is 9.69. The van der Waals surface area contributed by atoms with Gasteiger partial charge >= 0.3 is 0 Å². The van der Waals surface area contributed by atoms with Gasteiger partial charge in [-0.15, -0.1) is 0 Å². The molecule has 1 aliphatic heterocycles. The van der Waals surface area contributed by atoms with E-state index in [1.807, 2.05) is 24.3 Å². The molecular formula is C38H30N4. The van der Waals surface area contributed by atoms with Crippen LogP contribution < -0.4 is 9.80 Å². The van der Waals surface area contributed by atoms with Gasteiger partial charge < -0.3 is 9.80 Å². The number of rotatable bonds is 6. The highest BCUT2D eigenvalue weighted by Gasteiger charge is 2.18. The molecule has 0 fully saturated rings. The van der Waals surface area contributed by atoms with Crippen molar-refractivity contribution in [3.8, 4) is 0 Å². The van der Waals surface area contributed by atoms with Crippen LogP contribution in [0.2, 0.25) is 0 Å². The second kappa shape index (κ2) is 11.6. The van der Waals surface area contributed by atoms with Crippen LogP contribution in [0.15, 0.2) is 168 Å². The van der Waals surface area contributed by atoms with Gasteiger partial charge in [0.1, 0.15) is 0 Å². The number of fused-ring (bicyclic) bond motifs is 2. The first-order chi connectivity index (χ1) is 20.8. The van der Waals surface area contributed by atoms with Gasteiger partial charge in [0.25, 0.3) is 0 Å². The topological polar surface area (TPSA) is 31.2 Å². The summed E-state index contributed by atoms with van der Waals surface area (Å²) in [6.07, 6.45) is 1.80. The molecule has 0 saturated carbocycles. The molecule has 0 N–H and O–H groups in total. The number of benzene rings is 6. The standard InChI is InChI=1S/C38H30N4/c1-5-13-31(14-6-1)41(32-15-7-2-8-16-32)35-25-23-29-21-22-30-24-26-36(28-38(30)40-39-37(29)27-35)42(33-17-9-3-10-18-33)34-19-11-4-12-20-34/h1-20,23-28H,21-22H2. The molecule has 0 bridgehead atoms. The normalized spacial score (nSPS) is 12.0. The molecule has 0 saturated heterocycles. The maximum atomic E-state index is 4.84. The lowest BCUT2D eigenvalue weighted by Crippen LogP contribution is -2.10. The van der Waals surface area contributed by atoms with Crippen molar-refractivity contribution in [2.45, 2.75) is 12.8 Å². The van der Waals surface area contributed by atoms with Crippen molar-refractivity contribution in [2.75, 3.05) is 9.80 Å². The van der Waals surface area contributed by atoms with Gasteiger partial charge in [0.15, 0.2) is 0 Å². The van der Waals surface area contributed by atoms with Gasteiger partial charge in [0, 0.05) is 34.1 Å². The van der Waals surface area contributed by atoms with Crippen LogP contribution in [-0.2, 0) is 12.8 Å². The molecule has 1 aliphatic rings. The Bertz CT molecular complexity index is 1600. The fourth-order valence-electron chi connectivity index (χ4n) is 5.57. The van der Waals surface area contributed by atoms with Crippen LogP contribution in [0.3, 0.4) is 0 Å². The van der Waals surface area contributed by atoms with E-state index in [2.05, 4.69) is 143 Å². The lowest BCUT2D eigenvalue weighted by atomic mass is 9.99. The predicted molar refractivity (Wildman–Crippen MR) is 174 cm³/mol. The molecule has 0 aliphatic carbocycles. The number of hydrogen-bond donors (Lipinski definition) is 0. The minimum atomic E-state index is 0.902. The van der Waals surface area contributed by atoms with E-state index in [1.54, 1.807) is 0 Å². The summed E-state index contributed by atoms with van der Waals surface area (Å²) in [4.78, 5) is 4.52. The Labute approximate surface area is 246 Å². The van der Waals surface area contributed by atoms with Crippen molar-refractivity contribution >= 4 is 45.5 Å². The quantitative estimate of drug-likeness (QED) is 0.210. The lowest BCUT2D eigenvalue weighted by Gasteiger charge is -2.27. The van der Waals surface area contributed by atoms with Gasteiger partial charge in [-0.2, -0.15) is 10.2 Å². The van der Waals surface area contributed by atoms with E-state index >= 15 is 0 Å². The fourth-order valence-corrected chi connectivity index (χ4v) is 5.57. The summed E-state index contributed by atoms with van der Waals surface area (Å²) in [6.45, 7) is 0. The molecule has 42 heavy (non-hydrogen) atoms. The summed E-state index contributed by atoms with van der Waals surface area (Å²) < 4.78 is 0. The van der Waals surface area contributed by atoms with Crippen LogP contribution in [-0.4, -0.2) is 0 Å². The first kappa shape index (κ1) is 25.5. The Kier molecular flexibility index (Phi) is 7.01. The third-order valence-corrected chi connectivity index (χ3v) is 7.64. The van der Waals surface area contributed by atoms with E-state index in [1.165, 1.54) is 11.1 Å². The first-order valence-corrected chi connectivity index (χ1v) is 14.3. The van der Waals surface area contributed by atoms with Gasteiger partial charge in [0.2, 0.25) is 0 Å². The SMILES string of the molecule is c1ccc(N(c2ccccc2)c2ccc3c(c2)N=Nc2cc(N(c4ccccc4)c4ccccc4)ccc2CC3)cc1. The van der Waals surface area contributed by atoms with E-state index < -0.39 is 0 Å². The Balaban J connectivity index is 1.28. The van der Waals surface area contributed by atoms with E-state index in [4.69, 9.17) is 10.2 Å². The van der Waals surface area contributed by atoms with Crippen molar-refractivity contribution in [3.63, 3.8) is 0 Å². The average molecular weight is 543 g/mol. The molecule has 6 aromatic carbocycles. The molecule has 6 aromatic rings. The zero-order valence-corrected chi connectivity index (χ0v) is 23.2. The number of azo groups is 1. The molecule has 0 aromatic heterocycles. The molecule has 0 unspecified atom stereocenters. The number of hydrogen-bond acceptors (Lipinski definition) is 4. The van der Waals surface area contributed by atoms with Crippen LogP contribution in [0, 0.1) is 0 Å². The van der Waals surface area contributed by atoms with E-state index in [-0.39, 0.29) is 0 Å². The Hall–Kier alpha value is -5.48. The summed E-state index contributed by atoms with van der Waals surface area (Å²) in [7, 11) is 0. The largest absolute Gasteiger partial charge is 0.310 e. The molecular weight excluding hydrogens is 512 g/mol. The molecule has 202 valence electrons. The van der Waals surface area contributed by atoms with Crippen molar-refractivity contribution < 1.29 is 0 Å². The number of nitrogens with zero attached hydrogens (tertiary/aromatic N) is 4. The Morgan fingerprint density at radius 2 is 0.643 bits per heavy atom. The van der Waals surface area contributed by atoms with E-state index in [0.717, 1.165) is 58.3 Å². The molecule has 4 heteroatoms. The number of para-hydroxylation sites is 4. The summed E-state index contributed by atoms with van der Waals surface area (Å²) in [5.41, 5.74) is 10.7. The number of anilines is 6. The van der Waals surface area contributed by atoms with Crippen LogP contribution in [0.25, 0.3) is 0 Å². The van der Waals surface area contributed by atoms with Gasteiger partial charge in [0.05, 0.1) is 11.4 Å². The smallest absolute Gasteiger partial charge is 0.0910 e. The fraction of sp³-hybridized carbons (Fsp3) is 0.0526. The van der Waals surface area contributed by atoms with Crippen molar-refractivity contribution in [2.24, 2.45) is 10.2 Å². The van der Waals surface area contributed by atoms with Gasteiger partial charge in [-0.05, 0) is 96.8 Å². The lowest BCUT2D eigenvalue weighted by molar-refractivity contribution is 0.935. The third-order valence-electron chi connectivity index (χ3n) is 7.64. The molecule has 7 rings (SSSR count). The minimum absolute atomic E-state index is 0.902. The maximum absolute atomic E-state index is 4.84. The third kappa shape index (κ3) is 5.18. The van der Waals surface area contributed by atoms with Gasteiger partial charge in [-0.25, -0.2) is 0 Å². The monoisotopic (exact) mass is 542 g/mol. The van der Waals surface area contributed by atoms with Crippen LogP contribution >= 0.6 is 0 Å². The van der Waals surface area contributed by atoms with Crippen LogP contribution in [0.1, 0.15) is 11.1 Å². The van der Waals surface area contributed by atoms with Crippen LogP contribution in [0.5, 0.6) is 0 Å². The minimum Gasteiger partial charge on any atom is -0.310 e. The Morgan fingerprint density at radius 3 is 0.952 bits per heavy atom. The highest BCUT2D eigenvalue weighted by atomic mass is 15.2. The van der Waals surface area contributed by atoms with E-state index in [9.17, 15) is 0 Å². The highest BCUT2D eigenvalue weighted by Crippen LogP contribution is 2.41. The maximum Gasteiger partial charge on any atom is 0.0910 e. The summed E-state index contributed by atoms with van der Waals surface area (Å²) in [6, 6.07) is 54.9. The molecule has 0 amide bonds. The van der Waals surface area contributed by atoms with Crippen molar-refractivity contribution in [3.05, 3.63) is 169 Å². The van der Waals surface area contributed by atoms with Crippen molar-refractivity contribution in [1.82, 2.24) is 0 Å². The zero-order chi connectivity index (χ0) is 28.1. The van der Waals surface area contributed by atoms with E-state index in [0.29, 0.717) is 0 Å². The van der Waals surface area contributed by atoms with Crippen molar-refractivity contribution in [1.29, 1.82) is 0 Å². The summed E-state index contributed by atoms with van der Waals surface area (Å²) >= 11 is 0. The molecule has 0 radical (unpaired) electrons. The van der Waals surface area contributed by atoms with Gasteiger partial charge in [-0.1, -0.05) is 84.9 Å². The molecule has 0 spiro atoms. The molecule has 4 nitrogen and oxygen atoms in total. The van der Waals surface area contributed by atoms with Crippen LogP contribution in [0.4, 0.5) is 45.5 Å². The highest BCUT2D eigenvalue weighted by molar-refractivity contribution is 5.80. The predicted octanol–water partition coefficient (Wildman–Crippen LogP) is 11.1. The first-order valence-electron chi connectivity index (χ1n) is 14.3. The Morgan fingerprint density at radius 1 is 0.333 bits per heavy atom. The van der Waals surface area contributed by atoms with Gasteiger partial charge in [-0.3, -0.25) is 0 Å². The molecule has 1 heterocycles.